The summed E-state index contributed by atoms with van der Waals surface area (Å²) in [5.74, 6) is 0.604. The molecule has 0 spiro atoms. The lowest BCUT2D eigenvalue weighted by Gasteiger charge is -2.01. The normalized spacial score (nSPS) is 13.9. The van der Waals surface area contributed by atoms with E-state index in [1.54, 1.807) is 0 Å². The van der Waals surface area contributed by atoms with Crippen molar-refractivity contribution >= 4 is 5.71 Å². The maximum atomic E-state index is 12.1. The van der Waals surface area contributed by atoms with Gasteiger partial charge in [-0.1, -0.05) is 30.3 Å². The lowest BCUT2D eigenvalue weighted by Crippen LogP contribution is -2.13. The fraction of sp³-hybridized carbons (Fsp3) is 0.200. The lowest BCUT2D eigenvalue weighted by molar-refractivity contribution is 0.571. The molecule has 2 heterocycles. The zero-order valence-corrected chi connectivity index (χ0v) is 10.3. The van der Waals surface area contributed by atoms with Crippen LogP contribution in [0.4, 0.5) is 0 Å². The summed E-state index contributed by atoms with van der Waals surface area (Å²) in [5.41, 5.74) is 3.49. The Balaban J connectivity index is 2.02. The van der Waals surface area contributed by atoms with Gasteiger partial charge in [0.1, 0.15) is 5.76 Å². The van der Waals surface area contributed by atoms with Crippen LogP contribution in [0, 0.1) is 0 Å². The van der Waals surface area contributed by atoms with E-state index < -0.39 is 0 Å². The molecule has 0 radical (unpaired) electrons. The molecular formula is C15H12N2O2. The van der Waals surface area contributed by atoms with Crippen LogP contribution < -0.4 is 5.56 Å². The minimum Gasteiger partial charge on any atom is -0.438 e. The molecule has 0 bridgehead atoms. The number of fused-ring (bicyclic) bond motifs is 3. The molecular weight excluding hydrogens is 240 g/mol. The second-order valence-corrected chi connectivity index (χ2v) is 4.81. The predicted molar refractivity (Wildman–Crippen MR) is 71.2 cm³/mol. The molecule has 0 unspecified atom stereocenters. The number of rotatable bonds is 1. The van der Waals surface area contributed by atoms with E-state index in [2.05, 4.69) is 5.10 Å². The fourth-order valence-corrected chi connectivity index (χ4v) is 2.67. The van der Waals surface area contributed by atoms with Crippen molar-refractivity contribution in [3.05, 3.63) is 58.0 Å². The Morgan fingerprint density at radius 2 is 2.00 bits per heavy atom. The molecule has 0 atom stereocenters. The van der Waals surface area contributed by atoms with Crippen LogP contribution in [0.1, 0.15) is 17.7 Å². The summed E-state index contributed by atoms with van der Waals surface area (Å²) in [6.07, 6.45) is 2.97. The Hall–Kier alpha value is -2.36. The van der Waals surface area contributed by atoms with E-state index in [9.17, 15) is 4.79 Å². The Bertz CT molecular complexity index is 815. The van der Waals surface area contributed by atoms with Gasteiger partial charge < -0.3 is 4.42 Å². The largest absolute Gasteiger partial charge is 0.438 e. The summed E-state index contributed by atoms with van der Waals surface area (Å²) in [6.45, 7) is 0. The zero-order chi connectivity index (χ0) is 12.8. The second kappa shape index (κ2) is 3.82. The van der Waals surface area contributed by atoms with Crippen LogP contribution in [0.25, 0.3) is 17.0 Å². The summed E-state index contributed by atoms with van der Waals surface area (Å²) < 4.78 is 7.30. The van der Waals surface area contributed by atoms with Gasteiger partial charge in [0.15, 0.2) is 0 Å². The maximum Gasteiger partial charge on any atom is 0.277 e. The number of hydrogen-bond donors (Lipinski definition) is 0. The van der Waals surface area contributed by atoms with Gasteiger partial charge in [-0.3, -0.25) is 4.79 Å². The van der Waals surface area contributed by atoms with Crippen molar-refractivity contribution in [2.24, 2.45) is 0 Å². The molecule has 4 nitrogen and oxygen atoms in total. The number of benzene rings is 1. The first kappa shape index (κ1) is 10.6. The van der Waals surface area contributed by atoms with Gasteiger partial charge in [0.05, 0.1) is 5.69 Å². The Morgan fingerprint density at radius 1 is 1.16 bits per heavy atom. The molecule has 3 aromatic rings. The Labute approximate surface area is 109 Å². The van der Waals surface area contributed by atoms with E-state index in [1.165, 1.54) is 10.6 Å². The fourth-order valence-electron chi connectivity index (χ4n) is 2.67. The van der Waals surface area contributed by atoms with Crippen molar-refractivity contribution in [3.63, 3.8) is 0 Å². The minimum atomic E-state index is -0.130. The molecule has 4 rings (SSSR count). The van der Waals surface area contributed by atoms with Gasteiger partial charge in [0.2, 0.25) is 5.71 Å². The molecule has 0 N–H and O–H groups in total. The Kier molecular flexibility index (Phi) is 2.12. The summed E-state index contributed by atoms with van der Waals surface area (Å²) >= 11 is 0. The zero-order valence-electron chi connectivity index (χ0n) is 10.3. The molecule has 94 valence electrons. The average Bonchev–Trinajstić information content (AvgIpc) is 3.01. The van der Waals surface area contributed by atoms with Gasteiger partial charge in [0, 0.05) is 17.2 Å². The molecule has 0 fully saturated rings. The van der Waals surface area contributed by atoms with Gasteiger partial charge in [-0.25, -0.2) is 0 Å². The third-order valence-electron chi connectivity index (χ3n) is 3.59. The minimum absolute atomic E-state index is 0.130. The third kappa shape index (κ3) is 1.53. The van der Waals surface area contributed by atoms with E-state index in [0.717, 1.165) is 36.1 Å². The highest BCUT2D eigenvalue weighted by Gasteiger charge is 2.21. The van der Waals surface area contributed by atoms with Gasteiger partial charge in [-0.05, 0) is 19.3 Å². The standard InChI is InChI=1S/C15H12N2O2/c18-14-9-13(10-5-2-1-3-6-10)19-15-11-7-4-8-12(11)16-17(14)15/h1-3,5-6,9H,4,7-8H2. The van der Waals surface area contributed by atoms with Crippen molar-refractivity contribution in [1.82, 2.24) is 9.61 Å². The van der Waals surface area contributed by atoms with E-state index in [0.29, 0.717) is 11.5 Å². The average molecular weight is 252 g/mol. The first-order valence-electron chi connectivity index (χ1n) is 6.43. The van der Waals surface area contributed by atoms with E-state index in [1.807, 2.05) is 30.3 Å². The summed E-state index contributed by atoms with van der Waals surface area (Å²) in [7, 11) is 0. The number of nitrogens with zero attached hydrogens (tertiary/aromatic N) is 2. The van der Waals surface area contributed by atoms with Crippen LogP contribution in [0.5, 0.6) is 0 Å². The van der Waals surface area contributed by atoms with Crippen molar-refractivity contribution < 1.29 is 4.42 Å². The monoisotopic (exact) mass is 252 g/mol. The molecule has 1 aromatic carbocycles. The molecule has 1 aliphatic carbocycles. The van der Waals surface area contributed by atoms with Crippen LogP contribution in [0.2, 0.25) is 0 Å². The van der Waals surface area contributed by atoms with Crippen LogP contribution >= 0.6 is 0 Å². The molecule has 19 heavy (non-hydrogen) atoms. The summed E-state index contributed by atoms with van der Waals surface area (Å²) in [4.78, 5) is 12.1. The SMILES string of the molecule is O=c1cc(-c2ccccc2)oc2c3c(nn12)CCC3. The number of aryl methyl sites for hydroxylation is 2. The molecule has 0 saturated heterocycles. The summed E-state index contributed by atoms with van der Waals surface area (Å²) in [5, 5.41) is 4.34. The van der Waals surface area contributed by atoms with E-state index in [-0.39, 0.29) is 5.56 Å². The van der Waals surface area contributed by atoms with Crippen molar-refractivity contribution in [1.29, 1.82) is 0 Å². The molecule has 0 amide bonds. The molecule has 4 heteroatoms. The first-order chi connectivity index (χ1) is 9.33. The maximum absolute atomic E-state index is 12.1. The highest BCUT2D eigenvalue weighted by molar-refractivity contribution is 5.59. The van der Waals surface area contributed by atoms with Crippen LogP contribution in [0.3, 0.4) is 0 Å². The Morgan fingerprint density at radius 3 is 2.84 bits per heavy atom. The number of aromatic nitrogens is 2. The van der Waals surface area contributed by atoms with Gasteiger partial charge in [0.25, 0.3) is 5.56 Å². The van der Waals surface area contributed by atoms with Gasteiger partial charge in [-0.15, -0.1) is 0 Å². The van der Waals surface area contributed by atoms with Crippen molar-refractivity contribution in [3.8, 4) is 11.3 Å². The molecule has 2 aromatic heterocycles. The van der Waals surface area contributed by atoms with Crippen LogP contribution in [-0.2, 0) is 12.8 Å². The number of hydrogen-bond acceptors (Lipinski definition) is 3. The van der Waals surface area contributed by atoms with Crippen LogP contribution in [0.15, 0.2) is 45.6 Å². The molecule has 0 aliphatic heterocycles. The van der Waals surface area contributed by atoms with Gasteiger partial charge >= 0.3 is 0 Å². The topological polar surface area (TPSA) is 47.5 Å². The molecule has 1 aliphatic rings. The smallest absolute Gasteiger partial charge is 0.277 e. The highest BCUT2D eigenvalue weighted by atomic mass is 16.3. The lowest BCUT2D eigenvalue weighted by atomic mass is 10.2. The van der Waals surface area contributed by atoms with Gasteiger partial charge in [-0.2, -0.15) is 9.61 Å². The van der Waals surface area contributed by atoms with Crippen molar-refractivity contribution in [2.75, 3.05) is 0 Å². The highest BCUT2D eigenvalue weighted by Crippen LogP contribution is 2.27. The van der Waals surface area contributed by atoms with E-state index in [4.69, 9.17) is 4.42 Å². The van der Waals surface area contributed by atoms with E-state index >= 15 is 0 Å². The quantitative estimate of drug-likeness (QED) is 0.668. The third-order valence-corrected chi connectivity index (χ3v) is 3.59. The first-order valence-corrected chi connectivity index (χ1v) is 6.43. The second-order valence-electron chi connectivity index (χ2n) is 4.81. The van der Waals surface area contributed by atoms with Crippen LogP contribution in [-0.4, -0.2) is 9.61 Å². The van der Waals surface area contributed by atoms with Crippen molar-refractivity contribution in [2.45, 2.75) is 19.3 Å². The molecule has 0 saturated carbocycles. The predicted octanol–water partition coefficient (Wildman–Crippen LogP) is 2.44. The summed E-state index contributed by atoms with van der Waals surface area (Å²) in [6, 6.07) is 11.2.